The second kappa shape index (κ2) is 3.42. The molecule has 0 spiro atoms. The van der Waals surface area contributed by atoms with Crippen molar-refractivity contribution in [2.24, 2.45) is 5.73 Å². The highest BCUT2D eigenvalue weighted by molar-refractivity contribution is 5.19. The van der Waals surface area contributed by atoms with Crippen molar-refractivity contribution in [3.8, 4) is 0 Å². The van der Waals surface area contributed by atoms with E-state index in [1.54, 1.807) is 0 Å². The van der Waals surface area contributed by atoms with Gasteiger partial charge in [0.1, 0.15) is 5.82 Å². The van der Waals surface area contributed by atoms with Gasteiger partial charge in [-0.15, -0.1) is 0 Å². The predicted molar refractivity (Wildman–Crippen MR) is 51.3 cm³/mol. The SMILES string of the molecule is CCc1cc(C2CC2)nc(CN)n1. The first-order valence-electron chi connectivity index (χ1n) is 4.90. The lowest BCUT2D eigenvalue weighted by atomic mass is 10.2. The van der Waals surface area contributed by atoms with E-state index in [0.717, 1.165) is 17.9 Å². The molecule has 3 heteroatoms. The molecular weight excluding hydrogens is 162 g/mol. The van der Waals surface area contributed by atoms with E-state index < -0.39 is 0 Å². The van der Waals surface area contributed by atoms with Gasteiger partial charge in [0.2, 0.25) is 0 Å². The van der Waals surface area contributed by atoms with Gasteiger partial charge in [-0.25, -0.2) is 9.97 Å². The average molecular weight is 177 g/mol. The summed E-state index contributed by atoms with van der Waals surface area (Å²) in [4.78, 5) is 8.77. The van der Waals surface area contributed by atoms with Crippen LogP contribution in [0.15, 0.2) is 6.07 Å². The van der Waals surface area contributed by atoms with Crippen molar-refractivity contribution >= 4 is 0 Å². The lowest BCUT2D eigenvalue weighted by molar-refractivity contribution is 0.829. The number of nitrogens with zero attached hydrogens (tertiary/aromatic N) is 2. The molecule has 0 amide bonds. The van der Waals surface area contributed by atoms with Gasteiger partial charge in [-0.05, 0) is 25.3 Å². The highest BCUT2D eigenvalue weighted by Gasteiger charge is 2.25. The van der Waals surface area contributed by atoms with Crippen molar-refractivity contribution in [2.45, 2.75) is 38.6 Å². The van der Waals surface area contributed by atoms with Gasteiger partial charge in [-0.3, -0.25) is 0 Å². The van der Waals surface area contributed by atoms with Crippen LogP contribution in [0.5, 0.6) is 0 Å². The summed E-state index contributed by atoms with van der Waals surface area (Å²) >= 11 is 0. The summed E-state index contributed by atoms with van der Waals surface area (Å²) in [5, 5.41) is 0. The predicted octanol–water partition coefficient (Wildman–Crippen LogP) is 1.38. The Morgan fingerprint density at radius 2 is 2.23 bits per heavy atom. The second-order valence-electron chi connectivity index (χ2n) is 3.53. The van der Waals surface area contributed by atoms with E-state index in [0.29, 0.717) is 12.5 Å². The number of aromatic nitrogens is 2. The lowest BCUT2D eigenvalue weighted by Crippen LogP contribution is -2.07. The smallest absolute Gasteiger partial charge is 0.142 e. The zero-order valence-corrected chi connectivity index (χ0v) is 7.95. The second-order valence-corrected chi connectivity index (χ2v) is 3.53. The maximum absolute atomic E-state index is 5.54. The minimum absolute atomic E-state index is 0.452. The van der Waals surface area contributed by atoms with Crippen LogP contribution in [0.4, 0.5) is 0 Å². The lowest BCUT2D eigenvalue weighted by Gasteiger charge is -2.03. The van der Waals surface area contributed by atoms with Crippen LogP contribution >= 0.6 is 0 Å². The van der Waals surface area contributed by atoms with Gasteiger partial charge < -0.3 is 5.73 Å². The fourth-order valence-electron chi connectivity index (χ4n) is 1.44. The van der Waals surface area contributed by atoms with Crippen LogP contribution in [0, 0.1) is 0 Å². The minimum atomic E-state index is 0.452. The molecule has 1 aliphatic rings. The molecule has 70 valence electrons. The first-order chi connectivity index (χ1) is 6.33. The summed E-state index contributed by atoms with van der Waals surface area (Å²) in [6.45, 7) is 2.56. The van der Waals surface area contributed by atoms with E-state index >= 15 is 0 Å². The number of hydrogen-bond donors (Lipinski definition) is 1. The van der Waals surface area contributed by atoms with Crippen LogP contribution < -0.4 is 5.73 Å². The van der Waals surface area contributed by atoms with E-state index in [4.69, 9.17) is 5.73 Å². The molecule has 0 unspecified atom stereocenters. The van der Waals surface area contributed by atoms with Crippen molar-refractivity contribution in [1.29, 1.82) is 0 Å². The van der Waals surface area contributed by atoms with Crippen molar-refractivity contribution < 1.29 is 0 Å². The van der Waals surface area contributed by atoms with Crippen molar-refractivity contribution in [1.82, 2.24) is 9.97 Å². The number of nitrogens with two attached hydrogens (primary N) is 1. The maximum Gasteiger partial charge on any atom is 0.142 e. The van der Waals surface area contributed by atoms with Gasteiger partial charge in [0.25, 0.3) is 0 Å². The van der Waals surface area contributed by atoms with Gasteiger partial charge in [0.15, 0.2) is 0 Å². The van der Waals surface area contributed by atoms with Gasteiger partial charge in [-0.2, -0.15) is 0 Å². The molecule has 1 saturated carbocycles. The number of rotatable bonds is 3. The summed E-state index contributed by atoms with van der Waals surface area (Å²) in [5.74, 6) is 1.49. The Bertz CT molecular complexity index is 283. The van der Waals surface area contributed by atoms with E-state index in [1.807, 2.05) is 0 Å². The van der Waals surface area contributed by atoms with E-state index in [1.165, 1.54) is 18.5 Å². The summed E-state index contributed by atoms with van der Waals surface area (Å²) < 4.78 is 0. The molecule has 1 fully saturated rings. The van der Waals surface area contributed by atoms with Crippen LogP contribution in [0.25, 0.3) is 0 Å². The Kier molecular flexibility index (Phi) is 2.27. The third kappa shape index (κ3) is 1.86. The molecule has 0 saturated heterocycles. The molecule has 2 rings (SSSR count). The molecule has 0 radical (unpaired) electrons. The zero-order valence-electron chi connectivity index (χ0n) is 7.95. The summed E-state index contributed by atoms with van der Waals surface area (Å²) in [6, 6.07) is 2.12. The largest absolute Gasteiger partial charge is 0.324 e. The Labute approximate surface area is 78.4 Å². The maximum atomic E-state index is 5.54. The Balaban J connectivity index is 2.33. The van der Waals surface area contributed by atoms with Gasteiger partial charge >= 0.3 is 0 Å². The molecule has 0 bridgehead atoms. The van der Waals surface area contributed by atoms with Crippen molar-refractivity contribution in [3.63, 3.8) is 0 Å². The van der Waals surface area contributed by atoms with E-state index in [2.05, 4.69) is 23.0 Å². The Hall–Kier alpha value is -0.960. The number of hydrogen-bond acceptors (Lipinski definition) is 3. The molecule has 0 aliphatic heterocycles. The molecule has 13 heavy (non-hydrogen) atoms. The van der Waals surface area contributed by atoms with Gasteiger partial charge in [-0.1, -0.05) is 6.92 Å². The fraction of sp³-hybridized carbons (Fsp3) is 0.600. The van der Waals surface area contributed by atoms with Crippen LogP contribution in [0.2, 0.25) is 0 Å². The highest BCUT2D eigenvalue weighted by atomic mass is 14.9. The number of aryl methyl sites for hydroxylation is 1. The topological polar surface area (TPSA) is 51.8 Å². The molecule has 1 heterocycles. The first kappa shape index (κ1) is 8.63. The van der Waals surface area contributed by atoms with Crippen LogP contribution in [0.3, 0.4) is 0 Å². The van der Waals surface area contributed by atoms with Gasteiger partial charge in [0.05, 0.1) is 6.54 Å². The minimum Gasteiger partial charge on any atom is -0.324 e. The Morgan fingerprint density at radius 3 is 2.77 bits per heavy atom. The van der Waals surface area contributed by atoms with Crippen molar-refractivity contribution in [3.05, 3.63) is 23.3 Å². The molecule has 0 aromatic carbocycles. The molecular formula is C10H15N3. The monoisotopic (exact) mass is 177 g/mol. The van der Waals surface area contributed by atoms with Crippen LogP contribution in [-0.2, 0) is 13.0 Å². The van der Waals surface area contributed by atoms with Crippen LogP contribution in [-0.4, -0.2) is 9.97 Å². The van der Waals surface area contributed by atoms with Gasteiger partial charge in [0, 0.05) is 17.3 Å². The Morgan fingerprint density at radius 1 is 1.46 bits per heavy atom. The van der Waals surface area contributed by atoms with Crippen molar-refractivity contribution in [2.75, 3.05) is 0 Å². The quantitative estimate of drug-likeness (QED) is 0.758. The average Bonchev–Trinajstić information content (AvgIpc) is 3.00. The first-order valence-corrected chi connectivity index (χ1v) is 4.90. The molecule has 2 N–H and O–H groups in total. The van der Waals surface area contributed by atoms with E-state index in [-0.39, 0.29) is 0 Å². The normalized spacial score (nSPS) is 16.2. The molecule has 0 atom stereocenters. The third-order valence-electron chi connectivity index (χ3n) is 2.39. The third-order valence-corrected chi connectivity index (χ3v) is 2.39. The fourth-order valence-corrected chi connectivity index (χ4v) is 1.44. The summed E-state index contributed by atoms with van der Waals surface area (Å²) in [5.41, 5.74) is 7.86. The standard InChI is InChI=1S/C10H15N3/c1-2-8-5-9(7-3-4-7)13-10(6-11)12-8/h5,7H,2-4,6,11H2,1H3. The zero-order chi connectivity index (χ0) is 9.26. The molecule has 1 aromatic heterocycles. The highest BCUT2D eigenvalue weighted by Crippen LogP contribution is 2.39. The summed E-state index contributed by atoms with van der Waals surface area (Å²) in [7, 11) is 0. The van der Waals surface area contributed by atoms with E-state index in [9.17, 15) is 0 Å². The molecule has 3 nitrogen and oxygen atoms in total. The summed E-state index contributed by atoms with van der Waals surface area (Å²) in [6.07, 6.45) is 3.53. The van der Waals surface area contributed by atoms with Crippen LogP contribution in [0.1, 0.15) is 42.9 Å². The molecule has 1 aromatic rings. The molecule has 1 aliphatic carbocycles.